The van der Waals surface area contributed by atoms with E-state index in [2.05, 4.69) is 0 Å². The quantitative estimate of drug-likeness (QED) is 0.873. The van der Waals surface area contributed by atoms with Crippen LogP contribution in [0.3, 0.4) is 0 Å². The monoisotopic (exact) mass is 309 g/mol. The fourth-order valence-electron chi connectivity index (χ4n) is 2.02. The van der Waals surface area contributed by atoms with Crippen LogP contribution in [-0.4, -0.2) is 6.61 Å². The number of hydrogen-bond donors (Lipinski definition) is 1. The molecular formula is C16H17Cl2NO. The molecule has 1 unspecified atom stereocenters. The highest BCUT2D eigenvalue weighted by atomic mass is 35.5. The van der Waals surface area contributed by atoms with E-state index >= 15 is 0 Å². The van der Waals surface area contributed by atoms with Gasteiger partial charge in [0.2, 0.25) is 0 Å². The lowest BCUT2D eigenvalue weighted by atomic mass is 9.99. The van der Waals surface area contributed by atoms with Crippen molar-refractivity contribution in [3.63, 3.8) is 0 Å². The highest BCUT2D eigenvalue weighted by Crippen LogP contribution is 2.26. The van der Waals surface area contributed by atoms with Crippen LogP contribution >= 0.6 is 23.2 Å². The standard InChI is InChI=1S/C16H17Cl2NO/c1-2-20-14-7-4-11(5-8-14)16(19)9-12-3-6-13(17)10-15(12)18/h3-8,10,16H,2,9,19H2,1H3. The number of ether oxygens (including phenoxy) is 1. The third-order valence-electron chi connectivity index (χ3n) is 3.07. The van der Waals surface area contributed by atoms with Crippen LogP contribution in [0, 0.1) is 0 Å². The Morgan fingerprint density at radius 2 is 1.80 bits per heavy atom. The van der Waals surface area contributed by atoms with Crippen LogP contribution in [0.4, 0.5) is 0 Å². The van der Waals surface area contributed by atoms with Gasteiger partial charge in [0.1, 0.15) is 5.75 Å². The molecule has 1 atom stereocenters. The van der Waals surface area contributed by atoms with E-state index in [1.54, 1.807) is 6.07 Å². The summed E-state index contributed by atoms with van der Waals surface area (Å²) in [6, 6.07) is 13.2. The van der Waals surface area contributed by atoms with Crippen molar-refractivity contribution in [1.29, 1.82) is 0 Å². The van der Waals surface area contributed by atoms with E-state index < -0.39 is 0 Å². The topological polar surface area (TPSA) is 35.2 Å². The third kappa shape index (κ3) is 3.89. The van der Waals surface area contributed by atoms with Gasteiger partial charge >= 0.3 is 0 Å². The second kappa shape index (κ2) is 6.98. The number of hydrogen-bond acceptors (Lipinski definition) is 2. The van der Waals surface area contributed by atoms with Gasteiger partial charge in [-0.2, -0.15) is 0 Å². The molecule has 0 aliphatic heterocycles. The molecule has 2 nitrogen and oxygen atoms in total. The lowest BCUT2D eigenvalue weighted by molar-refractivity contribution is 0.340. The number of rotatable bonds is 5. The third-order valence-corrected chi connectivity index (χ3v) is 3.66. The van der Waals surface area contributed by atoms with Crippen molar-refractivity contribution in [2.75, 3.05) is 6.61 Å². The minimum absolute atomic E-state index is 0.107. The molecule has 0 radical (unpaired) electrons. The number of nitrogens with two attached hydrogens (primary N) is 1. The molecule has 2 aromatic rings. The first kappa shape index (κ1) is 15.2. The summed E-state index contributed by atoms with van der Waals surface area (Å²) in [5, 5.41) is 1.28. The summed E-state index contributed by atoms with van der Waals surface area (Å²) in [6.07, 6.45) is 0.671. The Kier molecular flexibility index (Phi) is 5.30. The normalized spacial score (nSPS) is 12.2. The molecule has 2 rings (SSSR count). The first-order valence-electron chi connectivity index (χ1n) is 6.52. The van der Waals surface area contributed by atoms with Gasteiger partial charge in [0.15, 0.2) is 0 Å². The first-order chi connectivity index (χ1) is 9.60. The summed E-state index contributed by atoms with van der Waals surface area (Å²) in [6.45, 7) is 2.62. The van der Waals surface area contributed by atoms with Crippen LogP contribution in [0.1, 0.15) is 24.1 Å². The average molecular weight is 310 g/mol. The molecule has 0 aromatic heterocycles. The van der Waals surface area contributed by atoms with Gasteiger partial charge in [0.25, 0.3) is 0 Å². The molecule has 0 aliphatic carbocycles. The van der Waals surface area contributed by atoms with Gasteiger partial charge in [0.05, 0.1) is 6.61 Å². The summed E-state index contributed by atoms with van der Waals surface area (Å²) < 4.78 is 5.41. The minimum Gasteiger partial charge on any atom is -0.494 e. The van der Waals surface area contributed by atoms with Crippen molar-refractivity contribution in [2.45, 2.75) is 19.4 Å². The summed E-state index contributed by atoms with van der Waals surface area (Å²) in [7, 11) is 0. The number of benzene rings is 2. The Balaban J connectivity index is 2.09. The smallest absolute Gasteiger partial charge is 0.119 e. The molecule has 0 fully saturated rings. The van der Waals surface area contributed by atoms with Crippen LogP contribution in [0.5, 0.6) is 5.75 Å². The average Bonchev–Trinajstić information content (AvgIpc) is 2.43. The lowest BCUT2D eigenvalue weighted by Gasteiger charge is -2.14. The van der Waals surface area contributed by atoms with E-state index in [0.29, 0.717) is 23.1 Å². The van der Waals surface area contributed by atoms with Crippen molar-refractivity contribution in [3.05, 3.63) is 63.6 Å². The minimum atomic E-state index is -0.107. The molecule has 0 saturated carbocycles. The van der Waals surface area contributed by atoms with Crippen molar-refractivity contribution >= 4 is 23.2 Å². The first-order valence-corrected chi connectivity index (χ1v) is 7.28. The van der Waals surface area contributed by atoms with E-state index in [0.717, 1.165) is 16.9 Å². The summed E-state index contributed by atoms with van der Waals surface area (Å²) in [4.78, 5) is 0. The van der Waals surface area contributed by atoms with Crippen LogP contribution < -0.4 is 10.5 Å². The second-order valence-electron chi connectivity index (χ2n) is 4.55. The maximum Gasteiger partial charge on any atom is 0.119 e. The van der Waals surface area contributed by atoms with Gasteiger partial charge in [-0.3, -0.25) is 0 Å². The maximum absolute atomic E-state index is 6.23. The zero-order valence-corrected chi connectivity index (χ0v) is 12.8. The maximum atomic E-state index is 6.23. The predicted octanol–water partition coefficient (Wildman–Crippen LogP) is 4.63. The van der Waals surface area contributed by atoms with E-state index in [9.17, 15) is 0 Å². The molecule has 0 amide bonds. The largest absolute Gasteiger partial charge is 0.494 e. The van der Waals surface area contributed by atoms with Crippen LogP contribution in [0.2, 0.25) is 10.0 Å². The van der Waals surface area contributed by atoms with Crippen molar-refractivity contribution in [2.24, 2.45) is 5.73 Å². The van der Waals surface area contributed by atoms with Gasteiger partial charge in [0, 0.05) is 16.1 Å². The van der Waals surface area contributed by atoms with Gasteiger partial charge in [-0.05, 0) is 48.7 Å². The Bertz CT molecular complexity index is 569. The Morgan fingerprint density at radius 3 is 2.40 bits per heavy atom. The van der Waals surface area contributed by atoms with Crippen molar-refractivity contribution in [1.82, 2.24) is 0 Å². The SMILES string of the molecule is CCOc1ccc(C(N)Cc2ccc(Cl)cc2Cl)cc1. The molecule has 0 bridgehead atoms. The molecule has 0 saturated heterocycles. The van der Waals surface area contributed by atoms with Gasteiger partial charge in [-0.15, -0.1) is 0 Å². The zero-order valence-electron chi connectivity index (χ0n) is 11.3. The Morgan fingerprint density at radius 1 is 1.10 bits per heavy atom. The van der Waals surface area contributed by atoms with Crippen molar-refractivity contribution < 1.29 is 4.74 Å². The zero-order chi connectivity index (χ0) is 14.5. The molecule has 0 aliphatic rings. The highest BCUT2D eigenvalue weighted by molar-refractivity contribution is 6.35. The highest BCUT2D eigenvalue weighted by Gasteiger charge is 2.10. The van der Waals surface area contributed by atoms with Gasteiger partial charge in [-0.25, -0.2) is 0 Å². The summed E-state index contributed by atoms with van der Waals surface area (Å²) >= 11 is 12.1. The van der Waals surface area contributed by atoms with Crippen molar-refractivity contribution in [3.8, 4) is 5.75 Å². The molecular weight excluding hydrogens is 293 g/mol. The van der Waals surface area contributed by atoms with Crippen LogP contribution in [0.15, 0.2) is 42.5 Å². The molecule has 2 aromatic carbocycles. The fourth-order valence-corrected chi connectivity index (χ4v) is 2.51. The van der Waals surface area contributed by atoms with Crippen LogP contribution in [-0.2, 0) is 6.42 Å². The molecule has 0 spiro atoms. The molecule has 2 N–H and O–H groups in total. The van der Waals surface area contributed by atoms with Gasteiger partial charge in [-0.1, -0.05) is 41.4 Å². The van der Waals surface area contributed by atoms with E-state index in [4.69, 9.17) is 33.7 Å². The molecule has 20 heavy (non-hydrogen) atoms. The molecule has 4 heteroatoms. The molecule has 0 heterocycles. The summed E-state index contributed by atoms with van der Waals surface area (Å²) in [5.41, 5.74) is 8.28. The van der Waals surface area contributed by atoms with Gasteiger partial charge < -0.3 is 10.5 Å². The Hall–Kier alpha value is -1.22. The van der Waals surface area contributed by atoms with E-state index in [-0.39, 0.29) is 6.04 Å². The fraction of sp³-hybridized carbons (Fsp3) is 0.250. The Labute approximate surface area is 129 Å². The molecule has 106 valence electrons. The lowest BCUT2D eigenvalue weighted by Crippen LogP contribution is -2.13. The van der Waals surface area contributed by atoms with E-state index in [1.165, 1.54) is 0 Å². The second-order valence-corrected chi connectivity index (χ2v) is 5.39. The number of halogens is 2. The predicted molar refractivity (Wildman–Crippen MR) is 84.7 cm³/mol. The summed E-state index contributed by atoms with van der Waals surface area (Å²) in [5.74, 6) is 0.855. The van der Waals surface area contributed by atoms with E-state index in [1.807, 2.05) is 43.3 Å². The van der Waals surface area contributed by atoms with Crippen LogP contribution in [0.25, 0.3) is 0 Å².